The van der Waals surface area contributed by atoms with Crippen LogP contribution >= 0.6 is 0 Å². The number of hydrogen-bond acceptors (Lipinski definition) is 5. The van der Waals surface area contributed by atoms with E-state index in [2.05, 4.69) is 5.32 Å². The van der Waals surface area contributed by atoms with Crippen molar-refractivity contribution < 1.29 is 16.8 Å². The Labute approximate surface area is 150 Å². The summed E-state index contributed by atoms with van der Waals surface area (Å²) in [5.74, 6) is 0.748. The zero-order chi connectivity index (χ0) is 18.1. The molecule has 6 nitrogen and oxygen atoms in total. The molecule has 1 aromatic rings. The summed E-state index contributed by atoms with van der Waals surface area (Å²) in [7, 11) is -6.63. The van der Waals surface area contributed by atoms with Gasteiger partial charge in [0.05, 0.1) is 10.6 Å². The molecule has 8 heteroatoms. The molecule has 0 atom stereocenters. The van der Waals surface area contributed by atoms with Crippen LogP contribution in [0.25, 0.3) is 0 Å². The smallest absolute Gasteiger partial charge is 0.243 e. The van der Waals surface area contributed by atoms with Crippen LogP contribution in [-0.2, 0) is 25.6 Å². The highest BCUT2D eigenvalue weighted by molar-refractivity contribution is 7.90. The first-order valence-corrected chi connectivity index (χ1v) is 12.2. The first-order valence-electron chi connectivity index (χ1n) is 8.74. The van der Waals surface area contributed by atoms with Gasteiger partial charge in [-0.1, -0.05) is 12.1 Å². The number of piperidine rings is 1. The third-order valence-corrected chi connectivity index (χ3v) is 7.61. The first-order chi connectivity index (χ1) is 11.7. The van der Waals surface area contributed by atoms with Gasteiger partial charge in [-0.25, -0.2) is 16.8 Å². The van der Waals surface area contributed by atoms with Crippen LogP contribution in [0.5, 0.6) is 0 Å². The van der Waals surface area contributed by atoms with Crippen LogP contribution in [0.1, 0.15) is 31.2 Å². The van der Waals surface area contributed by atoms with E-state index >= 15 is 0 Å². The van der Waals surface area contributed by atoms with Gasteiger partial charge in [0.1, 0.15) is 0 Å². The Hall–Kier alpha value is -0.960. The first kappa shape index (κ1) is 18.8. The summed E-state index contributed by atoms with van der Waals surface area (Å²) in [6.45, 7) is 2.10. The molecule has 0 bridgehead atoms. The predicted molar refractivity (Wildman–Crippen MR) is 97.5 cm³/mol. The number of sulfone groups is 1. The SMILES string of the molecule is CS(=O)(=O)Cc1ccc(S(=O)(=O)N2CCC(NCC3CC3)CC2)cc1. The number of rotatable bonds is 7. The van der Waals surface area contributed by atoms with Crippen molar-refractivity contribution in [1.29, 1.82) is 0 Å². The highest BCUT2D eigenvalue weighted by atomic mass is 32.2. The van der Waals surface area contributed by atoms with Gasteiger partial charge in [-0.3, -0.25) is 0 Å². The fourth-order valence-corrected chi connectivity index (χ4v) is 5.43. The second kappa shape index (κ2) is 7.34. The van der Waals surface area contributed by atoms with Crippen LogP contribution in [-0.4, -0.2) is 53.1 Å². The van der Waals surface area contributed by atoms with Crippen LogP contribution in [0, 0.1) is 5.92 Å². The Kier molecular flexibility index (Phi) is 5.53. The Bertz CT molecular complexity index is 792. The molecule has 1 aromatic carbocycles. The average molecular weight is 387 g/mol. The van der Waals surface area contributed by atoms with Crippen molar-refractivity contribution in [2.75, 3.05) is 25.9 Å². The highest BCUT2D eigenvalue weighted by Gasteiger charge is 2.30. The standard InChI is InChI=1S/C17H26N2O4S2/c1-24(20,21)13-15-4-6-17(7-5-15)25(22,23)19-10-8-16(9-11-19)18-12-14-2-3-14/h4-7,14,16,18H,2-3,8-13H2,1H3. The molecular formula is C17H26N2O4S2. The van der Waals surface area contributed by atoms with Gasteiger partial charge in [0.25, 0.3) is 0 Å². The van der Waals surface area contributed by atoms with Crippen LogP contribution in [0.3, 0.4) is 0 Å². The molecule has 0 unspecified atom stereocenters. The number of hydrogen-bond donors (Lipinski definition) is 1. The van der Waals surface area contributed by atoms with E-state index in [-0.39, 0.29) is 10.6 Å². The summed E-state index contributed by atoms with van der Waals surface area (Å²) in [5.41, 5.74) is 0.601. The van der Waals surface area contributed by atoms with Crippen molar-refractivity contribution >= 4 is 19.9 Å². The zero-order valence-electron chi connectivity index (χ0n) is 14.5. The molecule has 0 radical (unpaired) electrons. The van der Waals surface area contributed by atoms with Crippen molar-refractivity contribution in [3.8, 4) is 0 Å². The summed E-state index contributed by atoms with van der Waals surface area (Å²) in [6, 6.07) is 6.58. The van der Waals surface area contributed by atoms with Gasteiger partial charge in [0.2, 0.25) is 10.0 Å². The quantitative estimate of drug-likeness (QED) is 0.765. The van der Waals surface area contributed by atoms with Crippen LogP contribution < -0.4 is 5.32 Å². The van der Waals surface area contributed by atoms with Gasteiger partial charge in [0, 0.05) is 25.4 Å². The molecule has 0 aromatic heterocycles. The lowest BCUT2D eigenvalue weighted by Crippen LogP contribution is -2.45. The van der Waals surface area contributed by atoms with Crippen LogP contribution in [0.4, 0.5) is 0 Å². The minimum absolute atomic E-state index is 0.0780. The lowest BCUT2D eigenvalue weighted by molar-refractivity contribution is 0.288. The maximum absolute atomic E-state index is 12.8. The third kappa shape index (κ3) is 5.26. The topological polar surface area (TPSA) is 83.5 Å². The number of sulfonamides is 1. The molecule has 3 rings (SSSR count). The van der Waals surface area contributed by atoms with E-state index < -0.39 is 19.9 Å². The van der Waals surface area contributed by atoms with E-state index in [1.807, 2.05) is 0 Å². The van der Waals surface area contributed by atoms with Crippen molar-refractivity contribution in [1.82, 2.24) is 9.62 Å². The Morgan fingerprint density at radius 1 is 1.00 bits per heavy atom. The molecule has 1 saturated carbocycles. The maximum Gasteiger partial charge on any atom is 0.243 e. The summed E-state index contributed by atoms with van der Waals surface area (Å²) in [6.07, 6.45) is 5.46. The molecule has 0 spiro atoms. The van der Waals surface area contributed by atoms with E-state index in [0.717, 1.165) is 25.3 Å². The Balaban J connectivity index is 1.59. The minimum Gasteiger partial charge on any atom is -0.314 e. The van der Waals surface area contributed by atoms with Crippen molar-refractivity contribution in [2.45, 2.75) is 42.4 Å². The minimum atomic E-state index is -3.51. The molecule has 1 N–H and O–H groups in total. The fraction of sp³-hybridized carbons (Fsp3) is 0.647. The van der Waals surface area contributed by atoms with Crippen molar-refractivity contribution in [3.63, 3.8) is 0 Å². The van der Waals surface area contributed by atoms with Gasteiger partial charge in [0.15, 0.2) is 9.84 Å². The van der Waals surface area contributed by atoms with E-state index in [1.54, 1.807) is 12.1 Å². The second-order valence-corrected chi connectivity index (χ2v) is 11.3. The number of benzene rings is 1. The van der Waals surface area contributed by atoms with Gasteiger partial charge >= 0.3 is 0 Å². The molecule has 2 fully saturated rings. The fourth-order valence-electron chi connectivity index (χ4n) is 3.17. The van der Waals surface area contributed by atoms with Crippen molar-refractivity contribution in [2.24, 2.45) is 5.92 Å². The number of nitrogens with zero attached hydrogens (tertiary/aromatic N) is 1. The molecular weight excluding hydrogens is 360 g/mol. The largest absolute Gasteiger partial charge is 0.314 e. The molecule has 140 valence electrons. The van der Waals surface area contributed by atoms with Crippen LogP contribution in [0.2, 0.25) is 0 Å². The summed E-state index contributed by atoms with van der Waals surface area (Å²) in [4.78, 5) is 0.231. The summed E-state index contributed by atoms with van der Waals surface area (Å²) < 4.78 is 49.7. The molecule has 1 saturated heterocycles. The summed E-state index contributed by atoms with van der Waals surface area (Å²) in [5, 5.41) is 3.55. The Morgan fingerprint density at radius 3 is 2.12 bits per heavy atom. The van der Waals surface area contributed by atoms with Gasteiger partial charge in [-0.15, -0.1) is 0 Å². The molecule has 2 aliphatic rings. The number of nitrogens with one attached hydrogen (secondary N) is 1. The van der Waals surface area contributed by atoms with Crippen LogP contribution in [0.15, 0.2) is 29.2 Å². The van der Waals surface area contributed by atoms with Gasteiger partial charge < -0.3 is 5.32 Å². The van der Waals surface area contributed by atoms with Gasteiger partial charge in [-0.05, 0) is 55.8 Å². The van der Waals surface area contributed by atoms with Gasteiger partial charge in [-0.2, -0.15) is 4.31 Å². The molecule has 1 aliphatic heterocycles. The molecule has 25 heavy (non-hydrogen) atoms. The molecule has 1 aliphatic carbocycles. The maximum atomic E-state index is 12.8. The predicted octanol–water partition coefficient (Wildman–Crippen LogP) is 1.38. The normalized spacial score (nSPS) is 20.7. The second-order valence-electron chi connectivity index (χ2n) is 7.24. The van der Waals surface area contributed by atoms with E-state index in [1.165, 1.54) is 35.5 Å². The van der Waals surface area contributed by atoms with Crippen molar-refractivity contribution in [3.05, 3.63) is 29.8 Å². The monoisotopic (exact) mass is 386 g/mol. The Morgan fingerprint density at radius 2 is 1.60 bits per heavy atom. The summed E-state index contributed by atoms with van der Waals surface area (Å²) >= 11 is 0. The molecule has 1 heterocycles. The van der Waals surface area contributed by atoms with E-state index in [0.29, 0.717) is 24.7 Å². The zero-order valence-corrected chi connectivity index (χ0v) is 16.2. The van der Waals surface area contributed by atoms with E-state index in [9.17, 15) is 16.8 Å². The third-order valence-electron chi connectivity index (χ3n) is 4.84. The lowest BCUT2D eigenvalue weighted by Gasteiger charge is -2.31. The lowest BCUT2D eigenvalue weighted by atomic mass is 10.1. The molecule has 0 amide bonds. The highest BCUT2D eigenvalue weighted by Crippen LogP contribution is 2.28. The average Bonchev–Trinajstić information content (AvgIpc) is 3.37. The van der Waals surface area contributed by atoms with E-state index in [4.69, 9.17) is 0 Å².